The average Bonchev–Trinajstić information content (AvgIpc) is 2.16. The van der Waals surface area contributed by atoms with Crippen LogP contribution in [0.5, 0.6) is 0 Å². The summed E-state index contributed by atoms with van der Waals surface area (Å²) in [5.41, 5.74) is 5.51. The highest BCUT2D eigenvalue weighted by molar-refractivity contribution is 6.19. The topological polar surface area (TPSA) is 90.5 Å². The quantitative estimate of drug-likeness (QED) is 0.632. The molecule has 1 unspecified atom stereocenters. The lowest BCUT2D eigenvalue weighted by molar-refractivity contribution is -0.129. The highest BCUT2D eigenvalue weighted by atomic mass is 16.2. The number of nitrogens with zero attached hydrogens (tertiary/aromatic N) is 2. The van der Waals surface area contributed by atoms with Crippen molar-refractivity contribution < 1.29 is 9.59 Å². The molecule has 0 aromatic carbocycles. The third kappa shape index (κ3) is 1.37. The van der Waals surface area contributed by atoms with Crippen LogP contribution in [0.4, 0.5) is 4.79 Å². The summed E-state index contributed by atoms with van der Waals surface area (Å²) in [6.45, 7) is 4.08. The molecular weight excluding hydrogens is 184 g/mol. The standard InChI is InChI=1S/C8H14N4O2/c1-3-11-6(10)5(9)7(13)12(4-2)8(11)14/h5,10H,3-4,9H2,1-2H3. The average molecular weight is 198 g/mol. The van der Waals surface area contributed by atoms with E-state index in [1.165, 1.54) is 4.90 Å². The van der Waals surface area contributed by atoms with Crippen LogP contribution in [-0.4, -0.2) is 46.7 Å². The van der Waals surface area contributed by atoms with Crippen LogP contribution in [0, 0.1) is 5.41 Å². The van der Waals surface area contributed by atoms with Crippen LogP contribution in [0.1, 0.15) is 13.8 Å². The van der Waals surface area contributed by atoms with Gasteiger partial charge in [-0.05, 0) is 13.8 Å². The Morgan fingerprint density at radius 2 is 1.79 bits per heavy atom. The fourth-order valence-corrected chi connectivity index (χ4v) is 1.39. The molecule has 0 aliphatic carbocycles. The number of carbonyl (C=O) groups is 2. The summed E-state index contributed by atoms with van der Waals surface area (Å²) >= 11 is 0. The van der Waals surface area contributed by atoms with Crippen molar-refractivity contribution in [2.24, 2.45) is 5.73 Å². The summed E-state index contributed by atoms with van der Waals surface area (Å²) in [6.07, 6.45) is 0. The first-order chi connectivity index (χ1) is 6.54. The molecule has 1 heterocycles. The highest BCUT2D eigenvalue weighted by Crippen LogP contribution is 2.10. The van der Waals surface area contributed by atoms with E-state index < -0.39 is 18.0 Å². The molecule has 1 fully saturated rings. The van der Waals surface area contributed by atoms with Crippen molar-refractivity contribution in [1.82, 2.24) is 9.80 Å². The summed E-state index contributed by atoms with van der Waals surface area (Å²) in [6, 6.07) is -1.46. The molecule has 14 heavy (non-hydrogen) atoms. The van der Waals surface area contributed by atoms with Gasteiger partial charge in [0.05, 0.1) is 0 Å². The van der Waals surface area contributed by atoms with Crippen molar-refractivity contribution in [1.29, 1.82) is 5.41 Å². The molecule has 0 saturated carbocycles. The van der Waals surface area contributed by atoms with Gasteiger partial charge in [0.25, 0.3) is 5.91 Å². The minimum atomic E-state index is -1.01. The van der Waals surface area contributed by atoms with Crippen LogP contribution < -0.4 is 5.73 Å². The predicted octanol–water partition coefficient (Wildman–Crippen LogP) is -0.405. The zero-order valence-corrected chi connectivity index (χ0v) is 8.28. The van der Waals surface area contributed by atoms with E-state index in [4.69, 9.17) is 11.1 Å². The number of nitrogens with two attached hydrogens (primary N) is 1. The van der Waals surface area contributed by atoms with Crippen LogP contribution in [0.25, 0.3) is 0 Å². The maximum Gasteiger partial charge on any atom is 0.332 e. The first-order valence-electron chi connectivity index (χ1n) is 4.51. The Balaban J connectivity index is 3.00. The number of amidine groups is 1. The Morgan fingerprint density at radius 3 is 2.21 bits per heavy atom. The molecule has 1 saturated heterocycles. The maximum atomic E-state index is 11.6. The van der Waals surface area contributed by atoms with Crippen molar-refractivity contribution >= 4 is 17.8 Å². The lowest BCUT2D eigenvalue weighted by Crippen LogP contribution is -2.64. The third-order valence-corrected chi connectivity index (χ3v) is 2.21. The smallest absolute Gasteiger partial charge is 0.314 e. The van der Waals surface area contributed by atoms with E-state index in [0.717, 1.165) is 4.90 Å². The van der Waals surface area contributed by atoms with E-state index in [1.54, 1.807) is 13.8 Å². The maximum absolute atomic E-state index is 11.6. The molecule has 1 rings (SSSR count). The molecule has 3 amide bonds. The Bertz CT molecular complexity index is 263. The molecule has 6 nitrogen and oxygen atoms in total. The van der Waals surface area contributed by atoms with Gasteiger partial charge >= 0.3 is 6.03 Å². The van der Waals surface area contributed by atoms with E-state index in [9.17, 15) is 9.59 Å². The van der Waals surface area contributed by atoms with Gasteiger partial charge in [-0.1, -0.05) is 0 Å². The molecular formula is C8H14N4O2. The van der Waals surface area contributed by atoms with Crippen molar-refractivity contribution in [2.45, 2.75) is 19.9 Å². The van der Waals surface area contributed by atoms with Crippen molar-refractivity contribution in [3.05, 3.63) is 0 Å². The number of likely N-dealkylation sites (N-methyl/N-ethyl adjacent to an activating group) is 2. The largest absolute Gasteiger partial charge is 0.332 e. The van der Waals surface area contributed by atoms with Gasteiger partial charge in [0.1, 0.15) is 11.9 Å². The zero-order chi connectivity index (χ0) is 10.9. The van der Waals surface area contributed by atoms with Gasteiger partial charge < -0.3 is 5.73 Å². The molecule has 78 valence electrons. The molecule has 0 aromatic rings. The van der Waals surface area contributed by atoms with Gasteiger partial charge in [-0.15, -0.1) is 0 Å². The first-order valence-corrected chi connectivity index (χ1v) is 4.51. The Kier molecular flexibility index (Phi) is 2.85. The number of carbonyl (C=O) groups excluding carboxylic acids is 2. The summed E-state index contributed by atoms with van der Waals surface area (Å²) < 4.78 is 0. The van der Waals surface area contributed by atoms with Crippen molar-refractivity contribution in [2.75, 3.05) is 13.1 Å². The first kappa shape index (κ1) is 10.6. The summed E-state index contributed by atoms with van der Waals surface area (Å²) in [5, 5.41) is 7.51. The molecule has 0 spiro atoms. The highest BCUT2D eigenvalue weighted by Gasteiger charge is 2.39. The second kappa shape index (κ2) is 3.75. The van der Waals surface area contributed by atoms with E-state index >= 15 is 0 Å². The number of nitrogens with one attached hydrogen (secondary N) is 1. The molecule has 1 aliphatic rings. The number of hydrogen-bond donors (Lipinski definition) is 2. The SMILES string of the molecule is CCN1C(=N)C(N)C(=O)N(CC)C1=O. The Labute approximate surface area is 82.2 Å². The van der Waals surface area contributed by atoms with Gasteiger partial charge in [-0.25, -0.2) is 4.79 Å². The van der Waals surface area contributed by atoms with Gasteiger partial charge in [0, 0.05) is 13.1 Å². The van der Waals surface area contributed by atoms with E-state index in [-0.39, 0.29) is 12.4 Å². The van der Waals surface area contributed by atoms with Crippen LogP contribution in [0.15, 0.2) is 0 Å². The third-order valence-electron chi connectivity index (χ3n) is 2.21. The summed E-state index contributed by atoms with van der Waals surface area (Å²) in [5.74, 6) is -0.612. The lowest BCUT2D eigenvalue weighted by atomic mass is 10.2. The van der Waals surface area contributed by atoms with Crippen LogP contribution in [0.2, 0.25) is 0 Å². The van der Waals surface area contributed by atoms with E-state index in [2.05, 4.69) is 0 Å². The van der Waals surface area contributed by atoms with Gasteiger partial charge in [-0.2, -0.15) is 0 Å². The van der Waals surface area contributed by atoms with Crippen LogP contribution in [-0.2, 0) is 4.79 Å². The minimum Gasteiger partial charge on any atom is -0.314 e. The minimum absolute atomic E-state index is 0.118. The van der Waals surface area contributed by atoms with Crippen LogP contribution >= 0.6 is 0 Å². The van der Waals surface area contributed by atoms with Gasteiger partial charge in [-0.3, -0.25) is 20.0 Å². The predicted molar refractivity (Wildman–Crippen MR) is 50.9 cm³/mol. The molecule has 6 heteroatoms. The molecule has 0 radical (unpaired) electrons. The number of urea groups is 1. The van der Waals surface area contributed by atoms with E-state index in [0.29, 0.717) is 6.54 Å². The monoisotopic (exact) mass is 198 g/mol. The van der Waals surface area contributed by atoms with Crippen molar-refractivity contribution in [3.63, 3.8) is 0 Å². The second-order valence-corrected chi connectivity index (χ2v) is 2.97. The van der Waals surface area contributed by atoms with Gasteiger partial charge in [0.2, 0.25) is 0 Å². The number of rotatable bonds is 2. The fourth-order valence-electron chi connectivity index (χ4n) is 1.39. The molecule has 3 N–H and O–H groups in total. The van der Waals surface area contributed by atoms with Crippen molar-refractivity contribution in [3.8, 4) is 0 Å². The number of amides is 3. The number of imide groups is 1. The normalized spacial score (nSPS) is 23.4. The fraction of sp³-hybridized carbons (Fsp3) is 0.625. The second-order valence-electron chi connectivity index (χ2n) is 2.97. The van der Waals surface area contributed by atoms with Crippen LogP contribution in [0.3, 0.4) is 0 Å². The molecule has 0 bridgehead atoms. The molecule has 1 atom stereocenters. The van der Waals surface area contributed by atoms with E-state index in [1.807, 2.05) is 0 Å². The molecule has 0 aromatic heterocycles. The van der Waals surface area contributed by atoms with Gasteiger partial charge in [0.15, 0.2) is 0 Å². The summed E-state index contributed by atoms with van der Waals surface area (Å²) in [7, 11) is 0. The molecule has 1 aliphatic heterocycles. The Hall–Kier alpha value is -1.43. The lowest BCUT2D eigenvalue weighted by Gasteiger charge is -2.36. The Morgan fingerprint density at radius 1 is 1.29 bits per heavy atom. The zero-order valence-electron chi connectivity index (χ0n) is 8.28. The number of hydrogen-bond acceptors (Lipinski definition) is 4. The summed E-state index contributed by atoms with van der Waals surface area (Å²) in [4.78, 5) is 25.3.